The fourth-order valence-electron chi connectivity index (χ4n) is 3.40. The maximum Gasteiger partial charge on any atom is 0.0377 e. The minimum Gasteiger partial charge on any atom is -0.382 e. The van der Waals surface area contributed by atoms with Crippen LogP contribution in [0.25, 0.3) is 0 Å². The van der Waals surface area contributed by atoms with Crippen LogP contribution >= 0.6 is 0 Å². The summed E-state index contributed by atoms with van der Waals surface area (Å²) in [4.78, 5) is 0. The highest BCUT2D eigenvalue weighted by Crippen LogP contribution is 2.30. The van der Waals surface area contributed by atoms with E-state index < -0.39 is 0 Å². The molecule has 18 heavy (non-hydrogen) atoms. The van der Waals surface area contributed by atoms with Gasteiger partial charge in [-0.25, -0.2) is 0 Å². The van der Waals surface area contributed by atoms with E-state index in [-0.39, 0.29) is 0 Å². The Morgan fingerprint density at radius 1 is 1.00 bits per heavy atom. The Balaban J connectivity index is 1.72. The zero-order valence-corrected chi connectivity index (χ0v) is 11.1. The average Bonchev–Trinajstić information content (AvgIpc) is 2.42. The van der Waals surface area contributed by atoms with Gasteiger partial charge in [0.2, 0.25) is 0 Å². The highest BCUT2D eigenvalue weighted by molar-refractivity contribution is 5.56. The van der Waals surface area contributed by atoms with Crippen molar-refractivity contribution in [2.75, 3.05) is 5.32 Å². The van der Waals surface area contributed by atoms with Gasteiger partial charge in [-0.05, 0) is 68.6 Å². The molecule has 0 unspecified atom stereocenters. The topological polar surface area (TPSA) is 38.0 Å². The first-order chi connectivity index (χ1) is 8.83. The molecule has 0 bridgehead atoms. The molecule has 1 saturated carbocycles. The quantitative estimate of drug-likeness (QED) is 0.838. The van der Waals surface area contributed by atoms with Crippen LogP contribution in [0.3, 0.4) is 0 Å². The van der Waals surface area contributed by atoms with Crippen molar-refractivity contribution in [1.82, 2.24) is 0 Å². The van der Waals surface area contributed by atoms with Crippen LogP contribution in [0.1, 0.15) is 49.7 Å². The van der Waals surface area contributed by atoms with Gasteiger partial charge in [0, 0.05) is 17.8 Å². The van der Waals surface area contributed by atoms with Crippen molar-refractivity contribution in [2.45, 2.75) is 63.5 Å². The Hall–Kier alpha value is -1.02. The first-order valence-corrected chi connectivity index (χ1v) is 7.46. The molecule has 0 aromatic heterocycles. The molecule has 3 N–H and O–H groups in total. The van der Waals surface area contributed by atoms with E-state index in [0.29, 0.717) is 12.1 Å². The van der Waals surface area contributed by atoms with Crippen molar-refractivity contribution in [3.05, 3.63) is 29.3 Å². The monoisotopic (exact) mass is 244 g/mol. The molecule has 0 saturated heterocycles. The van der Waals surface area contributed by atoms with E-state index in [1.165, 1.54) is 57.1 Å². The van der Waals surface area contributed by atoms with E-state index in [1.54, 1.807) is 11.1 Å². The minimum absolute atomic E-state index is 0.438. The molecule has 3 rings (SSSR count). The van der Waals surface area contributed by atoms with Crippen molar-refractivity contribution in [3.63, 3.8) is 0 Å². The van der Waals surface area contributed by atoms with Crippen molar-refractivity contribution < 1.29 is 0 Å². The predicted octanol–water partition coefficient (Wildman–Crippen LogP) is 3.25. The molecular formula is C16H24N2. The van der Waals surface area contributed by atoms with Crippen LogP contribution in [0.15, 0.2) is 18.2 Å². The first-order valence-electron chi connectivity index (χ1n) is 7.46. The summed E-state index contributed by atoms with van der Waals surface area (Å²) in [7, 11) is 0. The lowest BCUT2D eigenvalue weighted by Crippen LogP contribution is -2.33. The Kier molecular flexibility index (Phi) is 3.55. The van der Waals surface area contributed by atoms with E-state index >= 15 is 0 Å². The highest BCUT2D eigenvalue weighted by atomic mass is 14.9. The van der Waals surface area contributed by atoms with E-state index in [4.69, 9.17) is 5.73 Å². The van der Waals surface area contributed by atoms with E-state index in [0.717, 1.165) is 0 Å². The maximum absolute atomic E-state index is 5.97. The summed E-state index contributed by atoms with van der Waals surface area (Å²) < 4.78 is 0. The highest BCUT2D eigenvalue weighted by Gasteiger charge is 2.20. The Morgan fingerprint density at radius 2 is 1.78 bits per heavy atom. The van der Waals surface area contributed by atoms with Gasteiger partial charge in [0.1, 0.15) is 0 Å². The zero-order valence-electron chi connectivity index (χ0n) is 11.1. The fourth-order valence-corrected chi connectivity index (χ4v) is 3.40. The molecule has 2 aliphatic carbocycles. The Bertz CT molecular complexity index is 406. The number of benzene rings is 1. The number of hydrogen-bond donors (Lipinski definition) is 2. The molecule has 0 amide bonds. The van der Waals surface area contributed by atoms with Gasteiger partial charge < -0.3 is 11.1 Å². The second-order valence-corrected chi connectivity index (χ2v) is 5.91. The minimum atomic E-state index is 0.438. The van der Waals surface area contributed by atoms with Crippen LogP contribution in [0.2, 0.25) is 0 Å². The number of nitrogens with two attached hydrogens (primary N) is 1. The third-order valence-corrected chi connectivity index (χ3v) is 4.53. The molecule has 0 aliphatic heterocycles. The normalized spacial score (nSPS) is 27.6. The molecule has 1 aromatic carbocycles. The van der Waals surface area contributed by atoms with E-state index in [1.807, 2.05) is 0 Å². The lowest BCUT2D eigenvalue weighted by molar-refractivity contribution is 0.411. The number of fused-ring (bicyclic) bond motifs is 1. The number of hydrogen-bond acceptors (Lipinski definition) is 2. The zero-order chi connectivity index (χ0) is 12.4. The van der Waals surface area contributed by atoms with Gasteiger partial charge in [-0.1, -0.05) is 12.1 Å². The van der Waals surface area contributed by atoms with Crippen LogP contribution in [0.5, 0.6) is 0 Å². The SMILES string of the molecule is NC1CCC(Nc2cccc3c2CCCC3)CC1. The third kappa shape index (κ3) is 2.54. The number of anilines is 1. The standard InChI is InChI=1S/C16H24N2/c17-13-8-10-14(11-9-13)18-16-7-3-5-12-4-1-2-6-15(12)16/h3,5,7,13-14,18H,1-2,4,6,8-11,17H2. The largest absolute Gasteiger partial charge is 0.382 e. The molecule has 0 spiro atoms. The second-order valence-electron chi connectivity index (χ2n) is 5.91. The summed E-state index contributed by atoms with van der Waals surface area (Å²) in [5.41, 5.74) is 10.5. The lowest BCUT2D eigenvalue weighted by atomic mass is 9.88. The van der Waals surface area contributed by atoms with Gasteiger partial charge in [-0.2, -0.15) is 0 Å². The third-order valence-electron chi connectivity index (χ3n) is 4.53. The molecule has 98 valence electrons. The molecule has 0 radical (unpaired) electrons. The Morgan fingerprint density at radius 3 is 2.61 bits per heavy atom. The second kappa shape index (κ2) is 5.31. The number of aryl methyl sites for hydroxylation is 1. The summed E-state index contributed by atoms with van der Waals surface area (Å²) in [5.74, 6) is 0. The van der Waals surface area contributed by atoms with Gasteiger partial charge in [-0.15, -0.1) is 0 Å². The average molecular weight is 244 g/mol. The van der Waals surface area contributed by atoms with E-state index in [9.17, 15) is 0 Å². The molecule has 2 nitrogen and oxygen atoms in total. The summed E-state index contributed by atoms with van der Waals surface area (Å²) in [5, 5.41) is 3.77. The van der Waals surface area contributed by atoms with Crippen LogP contribution in [-0.2, 0) is 12.8 Å². The van der Waals surface area contributed by atoms with Crippen molar-refractivity contribution in [2.24, 2.45) is 5.73 Å². The molecule has 0 heterocycles. The van der Waals surface area contributed by atoms with Gasteiger partial charge in [-0.3, -0.25) is 0 Å². The summed E-state index contributed by atoms with van der Waals surface area (Å²) in [6.07, 6.45) is 10.0. The summed E-state index contributed by atoms with van der Waals surface area (Å²) >= 11 is 0. The van der Waals surface area contributed by atoms with Gasteiger partial charge in [0.15, 0.2) is 0 Å². The van der Waals surface area contributed by atoms with Crippen molar-refractivity contribution in [3.8, 4) is 0 Å². The fraction of sp³-hybridized carbons (Fsp3) is 0.625. The smallest absolute Gasteiger partial charge is 0.0377 e. The number of rotatable bonds is 2. The van der Waals surface area contributed by atoms with Crippen molar-refractivity contribution >= 4 is 5.69 Å². The number of nitrogens with one attached hydrogen (secondary N) is 1. The molecule has 1 fully saturated rings. The van der Waals surface area contributed by atoms with Gasteiger partial charge in [0.05, 0.1) is 0 Å². The van der Waals surface area contributed by atoms with Gasteiger partial charge in [0.25, 0.3) is 0 Å². The van der Waals surface area contributed by atoms with Crippen LogP contribution < -0.4 is 11.1 Å². The molecular weight excluding hydrogens is 220 g/mol. The summed E-state index contributed by atoms with van der Waals surface area (Å²) in [6.45, 7) is 0. The molecule has 1 aromatic rings. The van der Waals surface area contributed by atoms with Crippen LogP contribution in [0.4, 0.5) is 5.69 Å². The van der Waals surface area contributed by atoms with E-state index in [2.05, 4.69) is 23.5 Å². The van der Waals surface area contributed by atoms with Crippen LogP contribution in [0, 0.1) is 0 Å². The summed E-state index contributed by atoms with van der Waals surface area (Å²) in [6, 6.07) is 7.85. The van der Waals surface area contributed by atoms with Crippen LogP contribution in [-0.4, -0.2) is 12.1 Å². The first kappa shape index (κ1) is 12.0. The van der Waals surface area contributed by atoms with Gasteiger partial charge >= 0.3 is 0 Å². The molecule has 2 aliphatic rings. The molecule has 0 atom stereocenters. The maximum atomic E-state index is 5.97. The lowest BCUT2D eigenvalue weighted by Gasteiger charge is -2.29. The Labute approximate surface area is 110 Å². The predicted molar refractivity (Wildman–Crippen MR) is 76.9 cm³/mol. The molecule has 2 heteroatoms. The van der Waals surface area contributed by atoms with Crippen molar-refractivity contribution in [1.29, 1.82) is 0 Å².